The van der Waals surface area contributed by atoms with Crippen LogP contribution in [0.4, 0.5) is 4.39 Å². The molecule has 1 heterocycles. The molecule has 10 heteroatoms. The van der Waals surface area contributed by atoms with Crippen LogP contribution in [-0.2, 0) is 7.05 Å². The zero-order valence-corrected chi connectivity index (χ0v) is 11.5. The van der Waals surface area contributed by atoms with Crippen LogP contribution >= 0.6 is 11.8 Å². The molecular weight excluding hydrogens is 301 g/mol. The molecule has 1 aromatic heterocycles. The molecule has 110 valence electrons. The molecule has 8 nitrogen and oxygen atoms in total. The van der Waals surface area contributed by atoms with E-state index < -0.39 is 16.9 Å². The van der Waals surface area contributed by atoms with Gasteiger partial charge < -0.3 is 10.9 Å². The second kappa shape index (κ2) is 5.79. The monoisotopic (exact) mass is 311 g/mol. The zero-order chi connectivity index (χ0) is 15.6. The Morgan fingerprint density at radius 3 is 2.90 bits per heavy atom. The number of amidine groups is 1. The first-order valence-electron chi connectivity index (χ1n) is 5.55. The summed E-state index contributed by atoms with van der Waals surface area (Å²) in [4.78, 5) is 26.4. The van der Waals surface area contributed by atoms with Gasteiger partial charge in [-0.15, -0.1) is 0 Å². The van der Waals surface area contributed by atoms with Gasteiger partial charge in [-0.1, -0.05) is 5.16 Å². The maximum Gasteiger partial charge on any atom is 0.339 e. The fraction of sp³-hybridized carbons (Fsp3) is 0.0909. The van der Waals surface area contributed by atoms with Crippen LogP contribution in [0.3, 0.4) is 0 Å². The normalized spacial score (nSPS) is 11.6. The van der Waals surface area contributed by atoms with E-state index in [-0.39, 0.29) is 16.6 Å². The van der Waals surface area contributed by atoms with Gasteiger partial charge in [-0.2, -0.15) is 4.98 Å². The third-order valence-corrected chi connectivity index (χ3v) is 3.60. The van der Waals surface area contributed by atoms with Gasteiger partial charge in [0.2, 0.25) is 0 Å². The molecule has 4 N–H and O–H groups in total. The fourth-order valence-electron chi connectivity index (χ4n) is 1.50. The Bertz CT molecular complexity index is 829. The van der Waals surface area contributed by atoms with Crippen molar-refractivity contribution in [2.24, 2.45) is 17.9 Å². The van der Waals surface area contributed by atoms with E-state index in [1.807, 2.05) is 0 Å². The Kier molecular flexibility index (Phi) is 4.08. The minimum atomic E-state index is -0.942. The Balaban J connectivity index is 2.52. The number of hydrogen-bond acceptors (Lipinski definition) is 6. The molecule has 0 saturated heterocycles. The molecule has 0 radical (unpaired) electrons. The lowest BCUT2D eigenvalue weighted by molar-refractivity contribution is 0.318. The second-order valence-corrected chi connectivity index (χ2v) is 4.94. The molecule has 0 saturated carbocycles. The van der Waals surface area contributed by atoms with Crippen molar-refractivity contribution in [3.05, 3.63) is 50.3 Å². The van der Waals surface area contributed by atoms with E-state index in [2.05, 4.69) is 15.2 Å². The molecule has 0 unspecified atom stereocenters. The molecule has 0 amide bonds. The summed E-state index contributed by atoms with van der Waals surface area (Å²) in [6, 6.07) is 3.66. The highest BCUT2D eigenvalue weighted by Crippen LogP contribution is 2.28. The Morgan fingerprint density at radius 2 is 2.24 bits per heavy atom. The molecule has 0 aliphatic heterocycles. The van der Waals surface area contributed by atoms with Crippen LogP contribution in [0.25, 0.3) is 0 Å². The number of nitrogens with one attached hydrogen (secondary N) is 1. The van der Waals surface area contributed by atoms with Crippen molar-refractivity contribution in [3.63, 3.8) is 0 Å². The molecule has 1 aromatic carbocycles. The summed E-state index contributed by atoms with van der Waals surface area (Å²) >= 11 is 0.959. The molecule has 0 atom stereocenters. The number of nitrogens with two attached hydrogens (primary N) is 1. The van der Waals surface area contributed by atoms with Crippen LogP contribution in [0.2, 0.25) is 0 Å². The Hall–Kier alpha value is -2.62. The minimum absolute atomic E-state index is 0.142. The maximum absolute atomic E-state index is 13.3. The number of nitrogens with zero attached hydrogens (tertiary/aromatic N) is 3. The number of hydrogen-bond donors (Lipinski definition) is 3. The summed E-state index contributed by atoms with van der Waals surface area (Å²) in [6.07, 6.45) is 0. The van der Waals surface area contributed by atoms with Gasteiger partial charge >= 0.3 is 11.1 Å². The van der Waals surface area contributed by atoms with Crippen LogP contribution in [0, 0.1) is 5.82 Å². The summed E-state index contributed by atoms with van der Waals surface area (Å²) in [5.41, 5.74) is 3.83. The van der Waals surface area contributed by atoms with Crippen LogP contribution in [-0.4, -0.2) is 25.8 Å². The van der Waals surface area contributed by atoms with Crippen molar-refractivity contribution in [2.45, 2.75) is 10.1 Å². The standard InChI is InChI=1S/C11H10FN5O3S/c1-17-11(14-9(18)10(19)15-17)21-7-3-2-5(12)4-6(7)8(13)16-20/h2-4,20H,1H3,(H2,13,16)(H,15,19). The van der Waals surface area contributed by atoms with Crippen LogP contribution < -0.4 is 16.9 Å². The Morgan fingerprint density at radius 1 is 1.52 bits per heavy atom. The second-order valence-electron chi connectivity index (χ2n) is 3.93. The van der Waals surface area contributed by atoms with Crippen molar-refractivity contribution in [2.75, 3.05) is 0 Å². The zero-order valence-electron chi connectivity index (χ0n) is 10.7. The molecular formula is C11H10FN5O3S. The quantitative estimate of drug-likeness (QED) is 0.238. The van der Waals surface area contributed by atoms with Gasteiger partial charge in [0.1, 0.15) is 5.82 Å². The number of rotatable bonds is 3. The van der Waals surface area contributed by atoms with Gasteiger partial charge in [0.25, 0.3) is 0 Å². The Labute approximate surface area is 121 Å². The molecule has 2 rings (SSSR count). The number of halogens is 1. The van der Waals surface area contributed by atoms with Crippen LogP contribution in [0.1, 0.15) is 5.56 Å². The van der Waals surface area contributed by atoms with Crippen molar-refractivity contribution in [1.29, 1.82) is 0 Å². The summed E-state index contributed by atoms with van der Waals surface area (Å²) in [5.74, 6) is -0.851. The third-order valence-electron chi connectivity index (χ3n) is 2.47. The lowest BCUT2D eigenvalue weighted by Gasteiger charge is -2.09. The smallest absolute Gasteiger partial charge is 0.339 e. The predicted octanol–water partition coefficient (Wildman–Crippen LogP) is -0.147. The van der Waals surface area contributed by atoms with E-state index >= 15 is 0 Å². The van der Waals surface area contributed by atoms with Crippen molar-refractivity contribution in [1.82, 2.24) is 14.8 Å². The van der Waals surface area contributed by atoms with Crippen molar-refractivity contribution >= 4 is 17.6 Å². The van der Waals surface area contributed by atoms with Gasteiger partial charge in [0, 0.05) is 17.5 Å². The van der Waals surface area contributed by atoms with E-state index in [0.717, 1.165) is 17.8 Å². The SMILES string of the molecule is Cn1[nH]c(=O)c(=O)nc1Sc1ccc(F)cc1/C(N)=N/O. The van der Waals surface area contributed by atoms with Crippen LogP contribution in [0.15, 0.2) is 43.0 Å². The summed E-state index contributed by atoms with van der Waals surface area (Å²) in [7, 11) is 1.49. The summed E-state index contributed by atoms with van der Waals surface area (Å²) < 4.78 is 14.5. The first-order chi connectivity index (χ1) is 9.92. The number of H-pyrrole nitrogens is 1. The van der Waals surface area contributed by atoms with Crippen LogP contribution in [0.5, 0.6) is 0 Å². The molecule has 2 aromatic rings. The van der Waals surface area contributed by atoms with Gasteiger partial charge in [0.15, 0.2) is 11.0 Å². The largest absolute Gasteiger partial charge is 0.409 e. The average Bonchev–Trinajstić information content (AvgIpc) is 2.45. The molecule has 0 bridgehead atoms. The van der Waals surface area contributed by atoms with E-state index in [1.165, 1.54) is 23.9 Å². The van der Waals surface area contributed by atoms with E-state index in [4.69, 9.17) is 10.9 Å². The number of aryl methyl sites for hydroxylation is 1. The van der Waals surface area contributed by atoms with Gasteiger partial charge in [-0.25, -0.2) is 4.39 Å². The predicted molar refractivity (Wildman–Crippen MR) is 73.1 cm³/mol. The van der Waals surface area contributed by atoms with Gasteiger partial charge in [-0.05, 0) is 30.0 Å². The topological polar surface area (TPSA) is 126 Å². The molecule has 0 spiro atoms. The minimum Gasteiger partial charge on any atom is -0.409 e. The summed E-state index contributed by atoms with van der Waals surface area (Å²) in [6.45, 7) is 0. The molecule has 0 aliphatic rings. The third kappa shape index (κ3) is 3.11. The van der Waals surface area contributed by atoms with Crippen molar-refractivity contribution in [3.8, 4) is 0 Å². The molecule has 0 fully saturated rings. The van der Waals surface area contributed by atoms with Gasteiger partial charge in [-0.3, -0.25) is 19.4 Å². The number of aromatic nitrogens is 3. The highest BCUT2D eigenvalue weighted by molar-refractivity contribution is 7.99. The van der Waals surface area contributed by atoms with Crippen molar-refractivity contribution < 1.29 is 9.60 Å². The van der Waals surface area contributed by atoms with Gasteiger partial charge in [0.05, 0.1) is 0 Å². The number of oxime groups is 1. The first kappa shape index (κ1) is 14.8. The first-order valence-corrected chi connectivity index (χ1v) is 6.36. The highest BCUT2D eigenvalue weighted by Gasteiger charge is 2.13. The highest BCUT2D eigenvalue weighted by atomic mass is 32.2. The number of benzene rings is 1. The summed E-state index contributed by atoms with van der Waals surface area (Å²) in [5, 5.41) is 14.0. The van der Waals surface area contributed by atoms with E-state index in [9.17, 15) is 14.0 Å². The lowest BCUT2D eigenvalue weighted by Crippen LogP contribution is -2.33. The molecule has 21 heavy (non-hydrogen) atoms. The lowest BCUT2D eigenvalue weighted by atomic mass is 10.2. The molecule has 0 aliphatic carbocycles. The van der Waals surface area contributed by atoms with E-state index in [1.54, 1.807) is 0 Å². The average molecular weight is 311 g/mol. The number of aromatic amines is 1. The van der Waals surface area contributed by atoms with E-state index in [0.29, 0.717) is 4.90 Å². The maximum atomic E-state index is 13.3. The fourth-order valence-corrected chi connectivity index (χ4v) is 2.41.